The molecule has 10 heteroatoms. The molecular formula is C22H18ClF2N7. The number of nitrogens with two attached hydrogens (primary N) is 1. The van der Waals surface area contributed by atoms with Gasteiger partial charge in [-0.05, 0) is 49.2 Å². The Hall–Kier alpha value is -3.59. The molecule has 1 fully saturated rings. The Bertz CT molecular complexity index is 1320. The highest BCUT2D eigenvalue weighted by Crippen LogP contribution is 2.37. The van der Waals surface area contributed by atoms with Crippen LogP contribution in [0.25, 0.3) is 5.65 Å². The van der Waals surface area contributed by atoms with Crippen molar-refractivity contribution in [1.29, 1.82) is 0 Å². The lowest BCUT2D eigenvalue weighted by Crippen LogP contribution is -2.24. The van der Waals surface area contributed by atoms with E-state index in [9.17, 15) is 8.78 Å². The molecule has 1 aliphatic heterocycles. The molecule has 2 N–H and O–H groups in total. The van der Waals surface area contributed by atoms with Crippen LogP contribution in [0.4, 0.5) is 20.3 Å². The topological polar surface area (TPSA) is 84.7 Å². The molecule has 0 unspecified atom stereocenters. The minimum atomic E-state index is -0.463. The maximum atomic E-state index is 14.4. The van der Waals surface area contributed by atoms with E-state index in [2.05, 4.69) is 15.1 Å². The van der Waals surface area contributed by atoms with Crippen molar-refractivity contribution in [3.63, 3.8) is 0 Å². The van der Waals surface area contributed by atoms with Gasteiger partial charge in [0.1, 0.15) is 34.7 Å². The largest absolute Gasteiger partial charge is 0.382 e. The van der Waals surface area contributed by atoms with E-state index in [0.29, 0.717) is 46.4 Å². The molecule has 0 spiro atoms. The van der Waals surface area contributed by atoms with Crippen molar-refractivity contribution in [3.05, 3.63) is 82.9 Å². The van der Waals surface area contributed by atoms with Crippen molar-refractivity contribution >= 4 is 34.6 Å². The molecule has 0 amide bonds. The average Bonchev–Trinajstić information content (AvgIpc) is 3.43. The Morgan fingerprint density at radius 1 is 1.16 bits per heavy atom. The third-order valence-electron chi connectivity index (χ3n) is 5.43. The van der Waals surface area contributed by atoms with Gasteiger partial charge in [-0.1, -0.05) is 11.6 Å². The third kappa shape index (κ3) is 3.75. The fraction of sp³-hybridized carbons (Fsp3) is 0.182. The van der Waals surface area contributed by atoms with Crippen LogP contribution in [0.1, 0.15) is 30.1 Å². The van der Waals surface area contributed by atoms with Crippen LogP contribution in [0.15, 0.2) is 60.0 Å². The van der Waals surface area contributed by atoms with E-state index in [-0.39, 0.29) is 11.9 Å². The predicted octanol–water partition coefficient (Wildman–Crippen LogP) is 4.43. The lowest BCUT2D eigenvalue weighted by molar-refractivity contribution is 0.560. The van der Waals surface area contributed by atoms with Gasteiger partial charge in [-0.3, -0.25) is 4.98 Å². The van der Waals surface area contributed by atoms with E-state index >= 15 is 0 Å². The van der Waals surface area contributed by atoms with Crippen LogP contribution in [0.5, 0.6) is 0 Å². The van der Waals surface area contributed by atoms with Crippen LogP contribution in [0, 0.1) is 11.6 Å². The number of hydrogen-bond acceptors (Lipinski definition) is 5. The molecule has 4 heterocycles. The quantitative estimate of drug-likeness (QED) is 0.365. The van der Waals surface area contributed by atoms with Crippen molar-refractivity contribution in [3.8, 4) is 0 Å². The van der Waals surface area contributed by atoms with Gasteiger partial charge in [-0.2, -0.15) is 5.10 Å². The van der Waals surface area contributed by atoms with Gasteiger partial charge in [-0.15, -0.1) is 0 Å². The number of pyridine rings is 1. The average molecular weight is 454 g/mol. The molecule has 1 aromatic carbocycles. The second-order valence-electron chi connectivity index (χ2n) is 7.46. The molecule has 0 radical (unpaired) electrons. The Labute approximate surface area is 187 Å². The number of rotatable bonds is 4. The fourth-order valence-electron chi connectivity index (χ4n) is 3.93. The zero-order chi connectivity index (χ0) is 22.2. The molecule has 0 bridgehead atoms. The zero-order valence-electron chi connectivity index (χ0n) is 16.8. The molecule has 1 saturated heterocycles. The monoisotopic (exact) mass is 453 g/mol. The van der Waals surface area contributed by atoms with E-state index in [0.717, 1.165) is 18.6 Å². The van der Waals surface area contributed by atoms with E-state index < -0.39 is 11.6 Å². The normalized spacial score (nSPS) is 16.8. The van der Waals surface area contributed by atoms with Gasteiger partial charge < -0.3 is 10.6 Å². The highest BCUT2D eigenvalue weighted by molar-refractivity contribution is 6.30. The summed E-state index contributed by atoms with van der Waals surface area (Å²) in [6.45, 7) is 0.674. The number of hydrogen-bond donors (Lipinski definition) is 1. The van der Waals surface area contributed by atoms with E-state index in [1.54, 1.807) is 35.1 Å². The Balaban J connectivity index is 1.51. The summed E-state index contributed by atoms with van der Waals surface area (Å²) in [5.74, 6) is -0.0638. The smallest absolute Gasteiger partial charge is 0.183 e. The minimum absolute atomic E-state index is 0.199. The predicted molar refractivity (Wildman–Crippen MR) is 118 cm³/mol. The number of anilines is 1. The van der Waals surface area contributed by atoms with Gasteiger partial charge in [-0.25, -0.2) is 23.3 Å². The fourth-order valence-corrected chi connectivity index (χ4v) is 4.05. The van der Waals surface area contributed by atoms with Gasteiger partial charge in [0.2, 0.25) is 0 Å². The second kappa shape index (κ2) is 8.16. The van der Waals surface area contributed by atoms with Crippen LogP contribution in [0.3, 0.4) is 0 Å². The van der Waals surface area contributed by atoms with Crippen molar-refractivity contribution in [1.82, 2.24) is 19.6 Å². The number of benzene rings is 1. The standard InChI is InChI=1S/C22H18ClF2N7/c23-13-3-6-17(27-11-13)21(26)29-18-12-28-32-9-7-20(30-22(18)32)31-8-1-2-19(31)15-10-14(24)4-5-16(15)25/h3-7,9-12,19H,1-2,8H2,(H2,26,29)/t19-/m1/s1. The summed E-state index contributed by atoms with van der Waals surface area (Å²) in [6.07, 6.45) is 6.34. The van der Waals surface area contributed by atoms with Crippen LogP contribution in [-0.2, 0) is 0 Å². The van der Waals surface area contributed by atoms with Gasteiger partial charge >= 0.3 is 0 Å². The van der Waals surface area contributed by atoms with Gasteiger partial charge in [0, 0.05) is 24.5 Å². The van der Waals surface area contributed by atoms with Crippen LogP contribution in [0.2, 0.25) is 5.02 Å². The first kappa shape index (κ1) is 20.3. The molecule has 1 aliphatic rings. The van der Waals surface area contributed by atoms with E-state index in [4.69, 9.17) is 22.3 Å². The van der Waals surface area contributed by atoms with Crippen LogP contribution < -0.4 is 10.6 Å². The summed E-state index contributed by atoms with van der Waals surface area (Å²) in [7, 11) is 0. The summed E-state index contributed by atoms with van der Waals surface area (Å²) < 4.78 is 29.8. The number of aromatic nitrogens is 4. The van der Waals surface area contributed by atoms with Gasteiger partial charge in [0.15, 0.2) is 5.65 Å². The van der Waals surface area contributed by atoms with Gasteiger partial charge in [0.25, 0.3) is 0 Å². The summed E-state index contributed by atoms with van der Waals surface area (Å²) >= 11 is 5.88. The third-order valence-corrected chi connectivity index (χ3v) is 5.65. The molecule has 0 saturated carbocycles. The summed E-state index contributed by atoms with van der Waals surface area (Å²) in [4.78, 5) is 15.3. The van der Waals surface area contributed by atoms with Crippen molar-refractivity contribution in [2.75, 3.05) is 11.4 Å². The number of nitrogens with zero attached hydrogens (tertiary/aromatic N) is 6. The summed E-state index contributed by atoms with van der Waals surface area (Å²) in [6, 6.07) is 8.39. The Morgan fingerprint density at radius 3 is 2.84 bits per heavy atom. The Kier molecular flexibility index (Phi) is 5.18. The highest BCUT2D eigenvalue weighted by Gasteiger charge is 2.30. The SMILES string of the molecule is NC(=Nc1cnn2ccc(N3CCC[C@@H]3c3cc(F)ccc3F)nc12)c1ccc(Cl)cn1. The first-order valence-corrected chi connectivity index (χ1v) is 10.4. The lowest BCUT2D eigenvalue weighted by atomic mass is 10.0. The van der Waals surface area contributed by atoms with Crippen LogP contribution in [-0.4, -0.2) is 32.0 Å². The molecule has 162 valence electrons. The maximum Gasteiger partial charge on any atom is 0.183 e. The number of fused-ring (bicyclic) bond motifs is 1. The maximum absolute atomic E-state index is 14.4. The number of aliphatic imine (C=N–C) groups is 1. The van der Waals surface area contributed by atoms with E-state index in [1.807, 2.05) is 4.90 Å². The van der Waals surface area contributed by atoms with Crippen LogP contribution >= 0.6 is 11.6 Å². The first-order valence-electron chi connectivity index (χ1n) is 10.0. The van der Waals surface area contributed by atoms with E-state index in [1.165, 1.54) is 12.3 Å². The minimum Gasteiger partial charge on any atom is -0.382 e. The van der Waals surface area contributed by atoms with Crippen molar-refractivity contribution < 1.29 is 8.78 Å². The molecular weight excluding hydrogens is 436 g/mol. The molecule has 7 nitrogen and oxygen atoms in total. The first-order chi connectivity index (χ1) is 15.5. The molecule has 3 aromatic heterocycles. The summed E-state index contributed by atoms with van der Waals surface area (Å²) in [5, 5.41) is 4.77. The molecule has 32 heavy (non-hydrogen) atoms. The second-order valence-corrected chi connectivity index (χ2v) is 7.90. The van der Waals surface area contributed by atoms with Gasteiger partial charge in [0.05, 0.1) is 17.3 Å². The molecule has 0 aliphatic carbocycles. The van der Waals surface area contributed by atoms with Crippen molar-refractivity contribution in [2.45, 2.75) is 18.9 Å². The summed E-state index contributed by atoms with van der Waals surface area (Å²) in [5.41, 5.74) is 7.87. The highest BCUT2D eigenvalue weighted by atomic mass is 35.5. The molecule has 5 rings (SSSR count). The van der Waals surface area contributed by atoms with Crippen molar-refractivity contribution in [2.24, 2.45) is 10.7 Å². The number of amidine groups is 1. The molecule has 1 atom stereocenters. The molecule has 4 aromatic rings. The zero-order valence-corrected chi connectivity index (χ0v) is 17.5. The lowest BCUT2D eigenvalue weighted by Gasteiger charge is -2.26. The Morgan fingerprint density at radius 2 is 2.03 bits per heavy atom. The number of halogens is 3.